The van der Waals surface area contributed by atoms with Crippen LogP contribution in [0.25, 0.3) is 0 Å². The molecule has 3 heteroatoms. The van der Waals surface area contributed by atoms with Gasteiger partial charge >= 0.3 is 0 Å². The van der Waals surface area contributed by atoms with Crippen molar-refractivity contribution in [3.05, 3.63) is 29.8 Å². The van der Waals surface area contributed by atoms with Gasteiger partial charge in [0.05, 0.1) is 12.7 Å². The Bertz CT molecular complexity index is 444. The van der Waals surface area contributed by atoms with Crippen LogP contribution >= 0.6 is 0 Å². The van der Waals surface area contributed by atoms with Gasteiger partial charge in [-0.1, -0.05) is 25.1 Å². The van der Waals surface area contributed by atoms with Gasteiger partial charge in [0.2, 0.25) is 0 Å². The topological polar surface area (TPSA) is 36.3 Å². The number of benzene rings is 1. The number of para-hydroxylation sites is 1. The van der Waals surface area contributed by atoms with E-state index in [1.807, 2.05) is 31.2 Å². The third-order valence-corrected chi connectivity index (χ3v) is 3.82. The normalized spacial score (nSPS) is 18.8. The predicted molar refractivity (Wildman–Crippen MR) is 75.9 cm³/mol. The lowest BCUT2D eigenvalue weighted by Crippen LogP contribution is -2.35. The molecule has 0 amide bonds. The molecule has 1 saturated heterocycles. The summed E-state index contributed by atoms with van der Waals surface area (Å²) in [5.74, 6) is 1.62. The van der Waals surface area contributed by atoms with Gasteiger partial charge in [-0.2, -0.15) is 5.26 Å². The molecule has 0 aromatic heterocycles. The third kappa shape index (κ3) is 3.27. The minimum atomic E-state index is -0.185. The molecule has 0 aliphatic carbocycles. The number of rotatable bonds is 4. The number of hydrogen-bond acceptors (Lipinski definition) is 3. The Kier molecular flexibility index (Phi) is 4.81. The summed E-state index contributed by atoms with van der Waals surface area (Å²) in [7, 11) is 0. The molecular formula is C16H22N2O. The van der Waals surface area contributed by atoms with E-state index in [1.165, 1.54) is 12.8 Å². The second-order valence-corrected chi connectivity index (χ2v) is 5.22. The maximum Gasteiger partial charge on any atom is 0.127 e. The standard InChI is InChI=1S/C16H22N2O/c1-3-19-16-7-5-4-6-14(16)15(12-17)18-10-8-13(2)9-11-18/h4-7,13,15H,3,8-11H2,1-2H3. The molecule has 0 radical (unpaired) electrons. The summed E-state index contributed by atoms with van der Waals surface area (Å²) in [5.41, 5.74) is 1.00. The van der Waals surface area contributed by atoms with Crippen molar-refractivity contribution in [1.82, 2.24) is 4.90 Å². The summed E-state index contributed by atoms with van der Waals surface area (Å²) in [5, 5.41) is 9.54. The van der Waals surface area contributed by atoms with Crippen LogP contribution in [0.15, 0.2) is 24.3 Å². The van der Waals surface area contributed by atoms with Gasteiger partial charge in [0, 0.05) is 5.56 Å². The fraction of sp³-hybridized carbons (Fsp3) is 0.562. The zero-order valence-electron chi connectivity index (χ0n) is 11.8. The van der Waals surface area contributed by atoms with Gasteiger partial charge in [-0.3, -0.25) is 4.90 Å². The number of piperidine rings is 1. The lowest BCUT2D eigenvalue weighted by Gasteiger charge is -2.34. The van der Waals surface area contributed by atoms with Crippen LogP contribution < -0.4 is 4.74 Å². The Labute approximate surface area is 115 Å². The molecule has 1 aromatic rings. The smallest absolute Gasteiger partial charge is 0.127 e. The highest BCUT2D eigenvalue weighted by molar-refractivity contribution is 5.38. The fourth-order valence-corrected chi connectivity index (χ4v) is 2.63. The Morgan fingerprint density at radius 3 is 2.68 bits per heavy atom. The van der Waals surface area contributed by atoms with Crippen molar-refractivity contribution in [3.63, 3.8) is 0 Å². The van der Waals surface area contributed by atoms with E-state index in [1.54, 1.807) is 0 Å². The van der Waals surface area contributed by atoms with Crippen molar-refractivity contribution < 1.29 is 4.74 Å². The van der Waals surface area contributed by atoms with E-state index in [0.29, 0.717) is 6.61 Å². The zero-order chi connectivity index (χ0) is 13.7. The van der Waals surface area contributed by atoms with E-state index in [9.17, 15) is 5.26 Å². The van der Waals surface area contributed by atoms with Gasteiger partial charge in [0.25, 0.3) is 0 Å². The summed E-state index contributed by atoms with van der Waals surface area (Å²) in [6.45, 7) is 6.89. The van der Waals surface area contributed by atoms with Gasteiger partial charge in [-0.25, -0.2) is 0 Å². The highest BCUT2D eigenvalue weighted by Crippen LogP contribution is 2.31. The molecule has 1 aromatic carbocycles. The molecule has 19 heavy (non-hydrogen) atoms. The molecule has 3 nitrogen and oxygen atoms in total. The van der Waals surface area contributed by atoms with Crippen LogP contribution in [0.5, 0.6) is 5.75 Å². The van der Waals surface area contributed by atoms with Gasteiger partial charge in [0.1, 0.15) is 11.8 Å². The first-order valence-corrected chi connectivity index (χ1v) is 7.11. The van der Waals surface area contributed by atoms with Crippen molar-refractivity contribution in [2.24, 2.45) is 5.92 Å². The van der Waals surface area contributed by atoms with Crippen LogP contribution in [0.4, 0.5) is 0 Å². The minimum absolute atomic E-state index is 0.185. The van der Waals surface area contributed by atoms with Crippen molar-refractivity contribution in [2.75, 3.05) is 19.7 Å². The van der Waals surface area contributed by atoms with E-state index in [-0.39, 0.29) is 6.04 Å². The highest BCUT2D eigenvalue weighted by Gasteiger charge is 2.26. The Morgan fingerprint density at radius 1 is 1.37 bits per heavy atom. The van der Waals surface area contributed by atoms with E-state index < -0.39 is 0 Å². The van der Waals surface area contributed by atoms with Crippen LogP contribution in [0.2, 0.25) is 0 Å². The van der Waals surface area contributed by atoms with Crippen molar-refractivity contribution in [1.29, 1.82) is 5.26 Å². The summed E-state index contributed by atoms with van der Waals surface area (Å²) in [4.78, 5) is 2.28. The van der Waals surface area contributed by atoms with Gasteiger partial charge in [-0.15, -0.1) is 0 Å². The number of hydrogen-bond donors (Lipinski definition) is 0. The largest absolute Gasteiger partial charge is 0.493 e. The number of nitriles is 1. The molecule has 0 N–H and O–H groups in total. The highest BCUT2D eigenvalue weighted by atomic mass is 16.5. The molecule has 1 aliphatic heterocycles. The number of likely N-dealkylation sites (tertiary alicyclic amines) is 1. The molecule has 0 spiro atoms. The van der Waals surface area contributed by atoms with Crippen LogP contribution in [-0.2, 0) is 0 Å². The molecule has 1 atom stereocenters. The summed E-state index contributed by atoms with van der Waals surface area (Å²) in [6.07, 6.45) is 2.35. The molecular weight excluding hydrogens is 236 g/mol. The first kappa shape index (κ1) is 13.9. The minimum Gasteiger partial charge on any atom is -0.493 e. The lowest BCUT2D eigenvalue weighted by molar-refractivity contribution is 0.162. The van der Waals surface area contributed by atoms with E-state index >= 15 is 0 Å². The van der Waals surface area contributed by atoms with Gasteiger partial charge in [0.15, 0.2) is 0 Å². The summed E-state index contributed by atoms with van der Waals surface area (Å²) >= 11 is 0. The molecule has 0 bridgehead atoms. The van der Waals surface area contributed by atoms with Crippen LogP contribution in [0.3, 0.4) is 0 Å². The van der Waals surface area contributed by atoms with Crippen LogP contribution in [0, 0.1) is 17.2 Å². The monoisotopic (exact) mass is 258 g/mol. The maximum absolute atomic E-state index is 9.54. The van der Waals surface area contributed by atoms with Crippen LogP contribution in [-0.4, -0.2) is 24.6 Å². The van der Waals surface area contributed by atoms with E-state index in [4.69, 9.17) is 4.74 Å². The van der Waals surface area contributed by atoms with E-state index in [2.05, 4.69) is 17.9 Å². The fourth-order valence-electron chi connectivity index (χ4n) is 2.63. The molecule has 1 aliphatic rings. The predicted octanol–water partition coefficient (Wildman–Crippen LogP) is 3.38. The maximum atomic E-state index is 9.54. The molecule has 1 unspecified atom stereocenters. The van der Waals surface area contributed by atoms with Crippen LogP contribution in [0.1, 0.15) is 38.3 Å². The second-order valence-electron chi connectivity index (χ2n) is 5.22. The molecule has 1 heterocycles. The zero-order valence-corrected chi connectivity index (χ0v) is 11.8. The van der Waals surface area contributed by atoms with E-state index in [0.717, 1.165) is 30.3 Å². The Hall–Kier alpha value is -1.53. The van der Waals surface area contributed by atoms with Crippen molar-refractivity contribution in [3.8, 4) is 11.8 Å². The molecule has 102 valence electrons. The summed E-state index contributed by atoms with van der Waals surface area (Å²) in [6, 6.07) is 10.2. The first-order chi connectivity index (χ1) is 9.26. The average molecular weight is 258 g/mol. The quantitative estimate of drug-likeness (QED) is 0.830. The molecule has 0 saturated carbocycles. The SMILES string of the molecule is CCOc1ccccc1C(C#N)N1CCC(C)CC1. The number of ether oxygens (including phenoxy) is 1. The molecule has 1 fully saturated rings. The van der Waals surface area contributed by atoms with Gasteiger partial charge in [-0.05, 0) is 44.8 Å². The Morgan fingerprint density at radius 2 is 2.05 bits per heavy atom. The lowest BCUT2D eigenvalue weighted by atomic mass is 9.96. The van der Waals surface area contributed by atoms with Crippen molar-refractivity contribution >= 4 is 0 Å². The van der Waals surface area contributed by atoms with Gasteiger partial charge < -0.3 is 4.74 Å². The first-order valence-electron chi connectivity index (χ1n) is 7.11. The van der Waals surface area contributed by atoms with Crippen molar-refractivity contribution in [2.45, 2.75) is 32.7 Å². The Balaban J connectivity index is 2.20. The second kappa shape index (κ2) is 6.58. The average Bonchev–Trinajstić information content (AvgIpc) is 2.44. The molecule has 2 rings (SSSR count). The number of nitrogens with zero attached hydrogens (tertiary/aromatic N) is 2. The third-order valence-electron chi connectivity index (χ3n) is 3.82. The summed E-state index contributed by atoms with van der Waals surface area (Å²) < 4.78 is 5.65.